The number of hydrogen-bond donors (Lipinski definition) is 2. The van der Waals surface area contributed by atoms with E-state index in [0.717, 1.165) is 17.1 Å². The Morgan fingerprint density at radius 3 is 2.68 bits per heavy atom. The van der Waals surface area contributed by atoms with Crippen molar-refractivity contribution in [3.05, 3.63) is 59.9 Å². The smallest absolute Gasteiger partial charge is 0.191 e. The molecule has 0 saturated carbocycles. The molecule has 1 aliphatic heterocycles. The zero-order chi connectivity index (χ0) is 19.9. The maximum Gasteiger partial charge on any atom is 0.191 e. The maximum absolute atomic E-state index is 13.6. The van der Waals surface area contributed by atoms with Gasteiger partial charge in [-0.1, -0.05) is 24.3 Å². The van der Waals surface area contributed by atoms with E-state index in [0.29, 0.717) is 25.7 Å². The Labute approximate surface area is 165 Å². The molecule has 150 valence electrons. The molecule has 0 aliphatic carbocycles. The Balaban J connectivity index is 1.53. The highest BCUT2D eigenvalue weighted by Gasteiger charge is 2.21. The summed E-state index contributed by atoms with van der Waals surface area (Å²) in [6, 6.07) is 14.3. The molecule has 2 N–H and O–H groups in total. The molecule has 3 rings (SSSR count). The van der Waals surface area contributed by atoms with E-state index in [1.807, 2.05) is 49.3 Å². The van der Waals surface area contributed by atoms with Crippen LogP contribution in [-0.2, 0) is 0 Å². The summed E-state index contributed by atoms with van der Waals surface area (Å²) in [4.78, 5) is 6.31. The van der Waals surface area contributed by atoms with Crippen LogP contribution in [-0.4, -0.2) is 57.8 Å². The van der Waals surface area contributed by atoms with Gasteiger partial charge < -0.3 is 25.0 Å². The fraction of sp³-hybridized carbons (Fsp3) is 0.381. The lowest BCUT2D eigenvalue weighted by atomic mass is 10.1. The van der Waals surface area contributed by atoms with E-state index in [4.69, 9.17) is 9.47 Å². The number of likely N-dealkylation sites (N-methyl/N-ethyl adjacent to an activating group) is 1. The number of halogens is 1. The lowest BCUT2D eigenvalue weighted by molar-refractivity contribution is 0.0936. The molecule has 0 fully saturated rings. The highest BCUT2D eigenvalue weighted by molar-refractivity contribution is 5.79. The number of fused-ring (bicyclic) bond motifs is 1. The minimum atomic E-state index is -0.235. The molecular formula is C21H27FN4O2. The molecule has 0 aromatic heterocycles. The number of rotatable bonds is 6. The van der Waals surface area contributed by atoms with Gasteiger partial charge in [-0.25, -0.2) is 4.39 Å². The van der Waals surface area contributed by atoms with E-state index in [9.17, 15) is 4.39 Å². The van der Waals surface area contributed by atoms with Crippen molar-refractivity contribution in [2.24, 2.45) is 4.99 Å². The SMILES string of the molecule is CN=C(NCC1COc2ccccc2O1)NCC(c1cccc(F)c1)N(C)C. The minimum Gasteiger partial charge on any atom is -0.486 e. The normalized spacial score (nSPS) is 17.3. The van der Waals surface area contributed by atoms with Crippen molar-refractivity contribution in [3.63, 3.8) is 0 Å². The fourth-order valence-corrected chi connectivity index (χ4v) is 3.10. The number of ether oxygens (including phenoxy) is 2. The lowest BCUT2D eigenvalue weighted by Crippen LogP contribution is -2.47. The minimum absolute atomic E-state index is 0.00962. The zero-order valence-electron chi connectivity index (χ0n) is 16.5. The van der Waals surface area contributed by atoms with Gasteiger partial charge in [0.15, 0.2) is 17.5 Å². The first-order chi connectivity index (χ1) is 13.6. The Morgan fingerprint density at radius 2 is 1.96 bits per heavy atom. The molecule has 7 heteroatoms. The molecule has 2 aromatic carbocycles. The van der Waals surface area contributed by atoms with E-state index >= 15 is 0 Å². The molecule has 2 atom stereocenters. The number of guanidine groups is 1. The van der Waals surface area contributed by atoms with Gasteiger partial charge in [0.05, 0.1) is 12.6 Å². The van der Waals surface area contributed by atoms with Crippen LogP contribution in [0, 0.1) is 5.82 Å². The number of hydrogen-bond acceptors (Lipinski definition) is 4. The average molecular weight is 386 g/mol. The predicted molar refractivity (Wildman–Crippen MR) is 109 cm³/mol. The molecule has 1 heterocycles. The van der Waals surface area contributed by atoms with Crippen molar-refractivity contribution in [2.45, 2.75) is 12.1 Å². The number of nitrogens with zero attached hydrogens (tertiary/aromatic N) is 2. The summed E-state index contributed by atoms with van der Waals surface area (Å²) in [6.45, 7) is 1.62. The predicted octanol–water partition coefficient (Wildman–Crippen LogP) is 2.43. The van der Waals surface area contributed by atoms with E-state index < -0.39 is 0 Å². The molecule has 0 radical (unpaired) electrons. The van der Waals surface area contributed by atoms with Gasteiger partial charge in [0.2, 0.25) is 0 Å². The van der Waals surface area contributed by atoms with E-state index in [1.165, 1.54) is 6.07 Å². The van der Waals surface area contributed by atoms with Crippen LogP contribution in [0.15, 0.2) is 53.5 Å². The molecule has 0 spiro atoms. The molecule has 2 aromatic rings. The molecule has 1 aliphatic rings. The Bertz CT molecular complexity index is 812. The van der Waals surface area contributed by atoms with E-state index in [2.05, 4.69) is 15.6 Å². The van der Waals surface area contributed by atoms with Gasteiger partial charge in [-0.3, -0.25) is 4.99 Å². The van der Waals surface area contributed by atoms with Crippen molar-refractivity contribution < 1.29 is 13.9 Å². The fourth-order valence-electron chi connectivity index (χ4n) is 3.10. The number of aliphatic imine (C=N–C) groups is 1. The number of benzene rings is 2. The Morgan fingerprint density at radius 1 is 1.18 bits per heavy atom. The molecule has 0 saturated heterocycles. The van der Waals surface area contributed by atoms with Gasteiger partial charge >= 0.3 is 0 Å². The quantitative estimate of drug-likeness (QED) is 0.590. The van der Waals surface area contributed by atoms with Crippen LogP contribution in [0.5, 0.6) is 11.5 Å². The highest BCUT2D eigenvalue weighted by atomic mass is 19.1. The zero-order valence-corrected chi connectivity index (χ0v) is 16.5. The Hall–Kier alpha value is -2.80. The molecule has 0 bridgehead atoms. The molecule has 28 heavy (non-hydrogen) atoms. The van der Waals surface area contributed by atoms with Crippen molar-refractivity contribution in [2.75, 3.05) is 40.8 Å². The van der Waals surface area contributed by atoms with Gasteiger partial charge in [-0.2, -0.15) is 0 Å². The van der Waals surface area contributed by atoms with Gasteiger partial charge in [-0.15, -0.1) is 0 Å². The summed E-state index contributed by atoms with van der Waals surface area (Å²) < 4.78 is 25.3. The van der Waals surface area contributed by atoms with E-state index in [-0.39, 0.29) is 18.0 Å². The van der Waals surface area contributed by atoms with Gasteiger partial charge in [0.25, 0.3) is 0 Å². The average Bonchev–Trinajstić information content (AvgIpc) is 2.70. The number of para-hydroxylation sites is 2. The molecule has 2 unspecified atom stereocenters. The second kappa shape index (κ2) is 9.41. The van der Waals surface area contributed by atoms with Crippen LogP contribution >= 0.6 is 0 Å². The summed E-state index contributed by atoms with van der Waals surface area (Å²) in [6.07, 6.45) is -0.110. The van der Waals surface area contributed by atoms with Crippen molar-refractivity contribution >= 4 is 5.96 Å². The van der Waals surface area contributed by atoms with Crippen LogP contribution in [0.3, 0.4) is 0 Å². The maximum atomic E-state index is 13.6. The first-order valence-corrected chi connectivity index (χ1v) is 9.31. The Kier molecular flexibility index (Phi) is 6.71. The summed E-state index contributed by atoms with van der Waals surface area (Å²) >= 11 is 0. The third-order valence-electron chi connectivity index (χ3n) is 4.61. The van der Waals surface area contributed by atoms with Crippen molar-refractivity contribution in [1.29, 1.82) is 0 Å². The van der Waals surface area contributed by atoms with Gasteiger partial charge in [0, 0.05) is 13.6 Å². The third kappa shape index (κ3) is 5.13. The summed E-state index contributed by atoms with van der Waals surface area (Å²) in [5.41, 5.74) is 0.911. The van der Waals surface area contributed by atoms with Crippen LogP contribution < -0.4 is 20.1 Å². The summed E-state index contributed by atoms with van der Waals surface area (Å²) in [5.74, 6) is 1.94. The number of nitrogens with one attached hydrogen (secondary N) is 2. The monoisotopic (exact) mass is 386 g/mol. The topological polar surface area (TPSA) is 58.1 Å². The van der Waals surface area contributed by atoms with Crippen molar-refractivity contribution in [3.8, 4) is 11.5 Å². The molecule has 6 nitrogen and oxygen atoms in total. The highest BCUT2D eigenvalue weighted by Crippen LogP contribution is 2.30. The van der Waals surface area contributed by atoms with Crippen LogP contribution in [0.4, 0.5) is 4.39 Å². The summed E-state index contributed by atoms with van der Waals surface area (Å²) in [7, 11) is 5.66. The van der Waals surface area contributed by atoms with Crippen LogP contribution in [0.2, 0.25) is 0 Å². The first kappa shape index (κ1) is 19.9. The standard InChI is InChI=1S/C21H27FN4O2/c1-23-21(24-12-17-14-27-19-9-4-5-10-20(19)28-17)25-13-18(26(2)3)15-7-6-8-16(22)11-15/h4-11,17-18H,12-14H2,1-3H3,(H2,23,24,25). The first-order valence-electron chi connectivity index (χ1n) is 9.31. The van der Waals surface area contributed by atoms with Crippen LogP contribution in [0.1, 0.15) is 11.6 Å². The summed E-state index contributed by atoms with van der Waals surface area (Å²) in [5, 5.41) is 6.57. The van der Waals surface area contributed by atoms with E-state index in [1.54, 1.807) is 19.2 Å². The van der Waals surface area contributed by atoms with Crippen molar-refractivity contribution in [1.82, 2.24) is 15.5 Å². The third-order valence-corrected chi connectivity index (χ3v) is 4.61. The van der Waals surface area contributed by atoms with Crippen LogP contribution in [0.25, 0.3) is 0 Å². The lowest BCUT2D eigenvalue weighted by Gasteiger charge is -2.28. The van der Waals surface area contributed by atoms with Gasteiger partial charge in [-0.05, 0) is 43.9 Å². The second-order valence-electron chi connectivity index (χ2n) is 6.87. The van der Waals surface area contributed by atoms with Gasteiger partial charge in [0.1, 0.15) is 18.5 Å². The largest absolute Gasteiger partial charge is 0.486 e. The molecular weight excluding hydrogens is 359 g/mol. The second-order valence-corrected chi connectivity index (χ2v) is 6.87. The molecule has 0 amide bonds.